The molecule has 0 N–H and O–H groups in total. The van der Waals surface area contributed by atoms with Gasteiger partial charge in [0.2, 0.25) is 6.10 Å². The summed E-state index contributed by atoms with van der Waals surface area (Å²) in [5, 5.41) is 9.00. The lowest BCUT2D eigenvalue weighted by atomic mass is 10.1. The van der Waals surface area contributed by atoms with Crippen LogP contribution in [0.1, 0.15) is 11.7 Å². The summed E-state index contributed by atoms with van der Waals surface area (Å²) in [5.74, 6) is 0. The zero-order chi connectivity index (χ0) is 17.1. The Balaban J connectivity index is 0.000000816. The fourth-order valence-corrected chi connectivity index (χ4v) is 2.25. The van der Waals surface area contributed by atoms with E-state index in [1.54, 1.807) is 62.8 Å². The quantitative estimate of drug-likeness (QED) is 0.617. The van der Waals surface area contributed by atoms with Gasteiger partial charge in [-0.15, -0.1) is 4.33 Å². The standard InChI is InChI=1S/C14H11NO4S.C2H6O/c15-11-14(12-7-3-1-4-8-12)18-19-20(16,17)13-9-5-2-6-10-13;1-3-2/h1-10,14H;1-2H3. The van der Waals surface area contributed by atoms with Crippen molar-refractivity contribution in [2.75, 3.05) is 14.2 Å². The van der Waals surface area contributed by atoms with Crippen LogP contribution in [0.4, 0.5) is 0 Å². The van der Waals surface area contributed by atoms with E-state index in [0.29, 0.717) is 5.56 Å². The van der Waals surface area contributed by atoms with Crippen LogP contribution in [0, 0.1) is 11.3 Å². The Bertz CT molecular complexity index is 711. The third kappa shape index (κ3) is 6.18. The predicted molar refractivity (Wildman–Crippen MR) is 83.5 cm³/mol. The van der Waals surface area contributed by atoms with E-state index < -0.39 is 16.2 Å². The number of hydrogen-bond donors (Lipinski definition) is 0. The third-order valence-electron chi connectivity index (χ3n) is 2.48. The summed E-state index contributed by atoms with van der Waals surface area (Å²) in [4.78, 5) is 4.71. The molecule has 0 heterocycles. The van der Waals surface area contributed by atoms with Gasteiger partial charge in [0.25, 0.3) is 0 Å². The van der Waals surface area contributed by atoms with Crippen LogP contribution in [-0.2, 0) is 24.1 Å². The minimum absolute atomic E-state index is 0.0373. The first kappa shape index (κ1) is 18.8. The second kappa shape index (κ2) is 9.71. The summed E-state index contributed by atoms with van der Waals surface area (Å²) in [6.07, 6.45) is -1.12. The molecule has 0 saturated heterocycles. The van der Waals surface area contributed by atoms with Crippen molar-refractivity contribution in [3.63, 3.8) is 0 Å². The van der Waals surface area contributed by atoms with Gasteiger partial charge >= 0.3 is 10.1 Å². The molecule has 1 unspecified atom stereocenters. The van der Waals surface area contributed by atoms with E-state index in [-0.39, 0.29) is 4.90 Å². The van der Waals surface area contributed by atoms with E-state index in [4.69, 9.17) is 10.1 Å². The molecule has 0 saturated carbocycles. The molecule has 7 heteroatoms. The third-order valence-corrected chi connectivity index (χ3v) is 3.58. The van der Waals surface area contributed by atoms with Crippen molar-refractivity contribution in [2.24, 2.45) is 0 Å². The Kier molecular flexibility index (Phi) is 7.94. The number of benzene rings is 2. The molecule has 2 aromatic carbocycles. The van der Waals surface area contributed by atoms with Gasteiger partial charge < -0.3 is 4.74 Å². The molecule has 0 aliphatic rings. The van der Waals surface area contributed by atoms with Gasteiger partial charge in [-0.25, -0.2) is 0 Å². The predicted octanol–water partition coefficient (Wildman–Crippen LogP) is 2.85. The Morgan fingerprint density at radius 3 is 1.91 bits per heavy atom. The van der Waals surface area contributed by atoms with Gasteiger partial charge in [-0.05, 0) is 17.7 Å². The normalized spacial score (nSPS) is 11.7. The van der Waals surface area contributed by atoms with Crippen LogP contribution < -0.4 is 0 Å². The van der Waals surface area contributed by atoms with Crippen LogP contribution in [0.15, 0.2) is 65.6 Å². The van der Waals surface area contributed by atoms with Gasteiger partial charge in [-0.1, -0.05) is 48.5 Å². The molecule has 0 aliphatic carbocycles. The Hall–Kier alpha value is -2.24. The van der Waals surface area contributed by atoms with Crippen molar-refractivity contribution in [1.82, 2.24) is 0 Å². The van der Waals surface area contributed by atoms with Crippen molar-refractivity contribution in [2.45, 2.75) is 11.0 Å². The fraction of sp³-hybridized carbons (Fsp3) is 0.188. The van der Waals surface area contributed by atoms with E-state index in [2.05, 4.69) is 9.07 Å². The fourth-order valence-electron chi connectivity index (χ4n) is 1.50. The summed E-state index contributed by atoms with van der Waals surface area (Å²) in [5.41, 5.74) is 0.512. The van der Waals surface area contributed by atoms with E-state index in [1.807, 2.05) is 6.07 Å². The molecule has 122 valence electrons. The number of rotatable bonds is 5. The average Bonchev–Trinajstić information content (AvgIpc) is 2.58. The summed E-state index contributed by atoms with van der Waals surface area (Å²) >= 11 is 0. The maximum absolute atomic E-state index is 11.8. The topological polar surface area (TPSA) is 85.6 Å². The van der Waals surface area contributed by atoms with E-state index in [1.165, 1.54) is 12.1 Å². The molecule has 23 heavy (non-hydrogen) atoms. The summed E-state index contributed by atoms with van der Waals surface area (Å²) in [6.45, 7) is 0. The zero-order valence-electron chi connectivity index (χ0n) is 12.7. The Labute approximate surface area is 135 Å². The van der Waals surface area contributed by atoms with E-state index in [9.17, 15) is 8.42 Å². The first-order valence-electron chi connectivity index (χ1n) is 6.55. The van der Waals surface area contributed by atoms with Gasteiger partial charge in [0, 0.05) is 14.2 Å². The van der Waals surface area contributed by atoms with E-state index >= 15 is 0 Å². The van der Waals surface area contributed by atoms with Crippen molar-refractivity contribution < 1.29 is 22.4 Å². The van der Waals surface area contributed by atoms with E-state index in [0.717, 1.165) is 0 Å². The molecule has 0 spiro atoms. The number of nitrogens with zero attached hydrogens (tertiary/aromatic N) is 1. The van der Waals surface area contributed by atoms with Crippen molar-refractivity contribution >= 4 is 10.1 Å². The van der Waals surface area contributed by atoms with Crippen LogP contribution in [0.3, 0.4) is 0 Å². The highest BCUT2D eigenvalue weighted by atomic mass is 32.2. The minimum Gasteiger partial charge on any atom is -0.388 e. The Morgan fingerprint density at radius 1 is 0.957 bits per heavy atom. The molecule has 0 radical (unpaired) electrons. The molecule has 6 nitrogen and oxygen atoms in total. The largest absolute Gasteiger partial charge is 0.388 e. The lowest BCUT2D eigenvalue weighted by molar-refractivity contribution is -0.227. The molecule has 0 fully saturated rings. The smallest absolute Gasteiger partial charge is 0.323 e. The molecular formula is C16H17NO5S. The number of ether oxygens (including phenoxy) is 1. The highest BCUT2D eigenvalue weighted by Gasteiger charge is 2.20. The van der Waals surface area contributed by atoms with Crippen molar-refractivity contribution in [3.8, 4) is 6.07 Å². The highest BCUT2D eigenvalue weighted by molar-refractivity contribution is 7.86. The highest BCUT2D eigenvalue weighted by Crippen LogP contribution is 2.20. The summed E-state index contributed by atoms with van der Waals surface area (Å²) < 4.78 is 32.4. The molecular weight excluding hydrogens is 318 g/mol. The molecule has 1 atom stereocenters. The van der Waals surface area contributed by atoms with Crippen LogP contribution in [0.5, 0.6) is 0 Å². The zero-order valence-corrected chi connectivity index (χ0v) is 13.6. The van der Waals surface area contributed by atoms with Gasteiger partial charge in [-0.2, -0.15) is 18.6 Å². The SMILES string of the molecule is COC.N#CC(OOS(=O)(=O)c1ccccc1)c1ccccc1. The maximum atomic E-state index is 11.8. The van der Waals surface area contributed by atoms with Gasteiger partial charge in [0.05, 0.1) is 4.90 Å². The minimum atomic E-state index is -4.05. The molecule has 0 aromatic heterocycles. The number of hydrogen-bond acceptors (Lipinski definition) is 6. The van der Waals surface area contributed by atoms with Gasteiger partial charge in [-0.3, -0.25) is 0 Å². The summed E-state index contributed by atoms with van der Waals surface area (Å²) in [6, 6.07) is 17.9. The van der Waals surface area contributed by atoms with Crippen LogP contribution in [-0.4, -0.2) is 22.6 Å². The maximum Gasteiger partial charge on any atom is 0.323 e. The van der Waals surface area contributed by atoms with Crippen LogP contribution in [0.2, 0.25) is 0 Å². The van der Waals surface area contributed by atoms with Crippen LogP contribution >= 0.6 is 0 Å². The lowest BCUT2D eigenvalue weighted by Gasteiger charge is -2.09. The van der Waals surface area contributed by atoms with Gasteiger partial charge in [0.1, 0.15) is 6.07 Å². The van der Waals surface area contributed by atoms with Crippen molar-refractivity contribution in [1.29, 1.82) is 5.26 Å². The van der Waals surface area contributed by atoms with Gasteiger partial charge in [0.15, 0.2) is 0 Å². The first-order chi connectivity index (χ1) is 11.0. The number of nitriles is 1. The molecule has 0 amide bonds. The average molecular weight is 335 g/mol. The molecule has 0 aliphatic heterocycles. The molecule has 2 rings (SSSR count). The van der Waals surface area contributed by atoms with Crippen LogP contribution in [0.25, 0.3) is 0 Å². The summed E-state index contributed by atoms with van der Waals surface area (Å²) in [7, 11) is -0.797. The number of methoxy groups -OCH3 is 1. The second-order valence-corrected chi connectivity index (χ2v) is 5.78. The monoisotopic (exact) mass is 335 g/mol. The second-order valence-electron chi connectivity index (χ2n) is 4.26. The molecule has 0 bridgehead atoms. The lowest BCUT2D eigenvalue weighted by Crippen LogP contribution is -2.10. The van der Waals surface area contributed by atoms with Crippen molar-refractivity contribution in [3.05, 3.63) is 66.2 Å². The molecule has 2 aromatic rings. The first-order valence-corrected chi connectivity index (χ1v) is 7.95. The Morgan fingerprint density at radius 2 is 1.43 bits per heavy atom.